The molecule has 0 aliphatic heterocycles. The molecule has 3 aromatic rings. The van der Waals surface area contributed by atoms with Gasteiger partial charge in [0.25, 0.3) is 0 Å². The number of hydrogen-bond acceptors (Lipinski definition) is 2. The summed E-state index contributed by atoms with van der Waals surface area (Å²) >= 11 is 1.80. The van der Waals surface area contributed by atoms with Crippen LogP contribution >= 0.6 is 11.3 Å². The Hall–Kier alpha value is -1.64. The Kier molecular flexibility index (Phi) is 3.36. The molecule has 1 aromatic heterocycles. The summed E-state index contributed by atoms with van der Waals surface area (Å²) in [6.45, 7) is 2.13. The van der Waals surface area contributed by atoms with Gasteiger partial charge in [-0.3, -0.25) is 0 Å². The van der Waals surface area contributed by atoms with Crippen LogP contribution in [-0.2, 0) is 0 Å². The number of nitrogens with two attached hydrogens (primary N) is 1. The molecule has 0 amide bonds. The molecule has 1 unspecified atom stereocenters. The van der Waals surface area contributed by atoms with Gasteiger partial charge in [0.2, 0.25) is 0 Å². The Morgan fingerprint density at radius 2 is 1.79 bits per heavy atom. The summed E-state index contributed by atoms with van der Waals surface area (Å²) in [6, 6.07) is 19.6. The largest absolute Gasteiger partial charge is 0.323 e. The molecule has 2 heteroatoms. The van der Waals surface area contributed by atoms with Gasteiger partial charge in [0.1, 0.15) is 0 Å². The van der Waals surface area contributed by atoms with Crippen molar-refractivity contribution in [3.8, 4) is 10.4 Å². The van der Waals surface area contributed by atoms with Gasteiger partial charge in [0.15, 0.2) is 0 Å². The van der Waals surface area contributed by atoms with Gasteiger partial charge >= 0.3 is 0 Å². The van der Waals surface area contributed by atoms with E-state index in [0.29, 0.717) is 0 Å². The number of thiophene rings is 1. The zero-order valence-corrected chi connectivity index (χ0v) is 11.8. The fourth-order valence-electron chi connectivity index (χ4n) is 2.25. The lowest BCUT2D eigenvalue weighted by Crippen LogP contribution is -2.05. The third kappa shape index (κ3) is 2.42. The summed E-state index contributed by atoms with van der Waals surface area (Å²) in [4.78, 5) is 2.57. The molecule has 96 valence electrons. The first-order chi connectivity index (χ1) is 9.28. The van der Waals surface area contributed by atoms with E-state index < -0.39 is 0 Å². The smallest absolute Gasteiger partial charge is 0.0387 e. The predicted octanol–water partition coefficient (Wildman–Crippen LogP) is 4.98. The highest BCUT2D eigenvalue weighted by Gasteiger charge is 2.08. The van der Waals surface area contributed by atoms with Crippen LogP contribution in [0.25, 0.3) is 21.2 Å². The molecule has 0 bridgehead atoms. The van der Waals surface area contributed by atoms with Crippen molar-refractivity contribution in [2.75, 3.05) is 0 Å². The summed E-state index contributed by atoms with van der Waals surface area (Å²) in [5.74, 6) is 0. The van der Waals surface area contributed by atoms with Crippen LogP contribution in [0, 0.1) is 0 Å². The minimum Gasteiger partial charge on any atom is -0.323 e. The lowest BCUT2D eigenvalue weighted by molar-refractivity contribution is 0.712. The van der Waals surface area contributed by atoms with Crippen molar-refractivity contribution in [1.29, 1.82) is 0 Å². The van der Waals surface area contributed by atoms with E-state index in [1.165, 1.54) is 26.1 Å². The maximum absolute atomic E-state index is 6.09. The number of hydrogen-bond donors (Lipinski definition) is 1. The zero-order chi connectivity index (χ0) is 13.2. The average Bonchev–Trinajstić information content (AvgIpc) is 2.95. The minimum atomic E-state index is 0.166. The Morgan fingerprint density at radius 3 is 2.58 bits per heavy atom. The minimum absolute atomic E-state index is 0.166. The second kappa shape index (κ2) is 5.16. The van der Waals surface area contributed by atoms with Gasteiger partial charge in [-0.15, -0.1) is 11.3 Å². The Bertz CT molecular complexity index is 699. The first-order valence-corrected chi connectivity index (χ1v) is 7.44. The summed E-state index contributed by atoms with van der Waals surface area (Å²) in [6.07, 6.45) is 0.984. The van der Waals surface area contributed by atoms with E-state index in [9.17, 15) is 0 Å². The van der Waals surface area contributed by atoms with Crippen molar-refractivity contribution in [3.63, 3.8) is 0 Å². The Morgan fingerprint density at radius 1 is 1.00 bits per heavy atom. The van der Waals surface area contributed by atoms with Gasteiger partial charge in [0, 0.05) is 15.8 Å². The van der Waals surface area contributed by atoms with Crippen molar-refractivity contribution in [2.24, 2.45) is 5.73 Å². The Balaban J connectivity index is 2.01. The van der Waals surface area contributed by atoms with Gasteiger partial charge in [-0.25, -0.2) is 0 Å². The van der Waals surface area contributed by atoms with Gasteiger partial charge < -0.3 is 5.73 Å². The van der Waals surface area contributed by atoms with Crippen molar-refractivity contribution in [3.05, 3.63) is 59.5 Å². The SMILES string of the molecule is CCC(N)c1ccc(-c2ccc3ccccc3c2)s1. The van der Waals surface area contributed by atoms with Gasteiger partial charge in [0.05, 0.1) is 0 Å². The van der Waals surface area contributed by atoms with Crippen molar-refractivity contribution in [2.45, 2.75) is 19.4 Å². The molecule has 1 atom stereocenters. The summed E-state index contributed by atoms with van der Waals surface area (Å²) in [5.41, 5.74) is 7.36. The summed E-state index contributed by atoms with van der Waals surface area (Å²) in [7, 11) is 0. The van der Waals surface area contributed by atoms with Crippen LogP contribution in [0.2, 0.25) is 0 Å². The summed E-state index contributed by atoms with van der Waals surface area (Å²) < 4.78 is 0. The van der Waals surface area contributed by atoms with E-state index in [1.54, 1.807) is 11.3 Å². The molecule has 1 heterocycles. The molecule has 1 nitrogen and oxygen atoms in total. The molecule has 0 aliphatic carbocycles. The fraction of sp³-hybridized carbons (Fsp3) is 0.176. The van der Waals surface area contributed by atoms with Crippen LogP contribution in [0.5, 0.6) is 0 Å². The maximum Gasteiger partial charge on any atom is 0.0387 e. The van der Waals surface area contributed by atoms with Crippen LogP contribution in [0.3, 0.4) is 0 Å². The molecule has 0 fully saturated rings. The van der Waals surface area contributed by atoms with Crippen molar-refractivity contribution < 1.29 is 0 Å². The first-order valence-electron chi connectivity index (χ1n) is 6.62. The van der Waals surface area contributed by atoms with E-state index >= 15 is 0 Å². The fourth-order valence-corrected chi connectivity index (χ4v) is 3.34. The Labute approximate surface area is 117 Å². The normalized spacial score (nSPS) is 12.7. The molecule has 0 saturated carbocycles. The number of rotatable bonds is 3. The van der Waals surface area contributed by atoms with Gasteiger partial charge in [-0.1, -0.05) is 43.3 Å². The highest BCUT2D eigenvalue weighted by molar-refractivity contribution is 7.15. The van der Waals surface area contributed by atoms with Crippen LogP contribution in [0.4, 0.5) is 0 Å². The third-order valence-corrected chi connectivity index (χ3v) is 4.73. The molecule has 19 heavy (non-hydrogen) atoms. The molecule has 2 aromatic carbocycles. The van der Waals surface area contributed by atoms with Crippen LogP contribution in [0.15, 0.2) is 54.6 Å². The maximum atomic E-state index is 6.09. The van der Waals surface area contributed by atoms with Crippen LogP contribution < -0.4 is 5.73 Å². The third-order valence-electron chi connectivity index (χ3n) is 3.47. The molecule has 0 aliphatic rings. The molecule has 0 radical (unpaired) electrons. The van der Waals surface area contributed by atoms with Crippen molar-refractivity contribution >= 4 is 22.1 Å². The molecule has 0 saturated heterocycles. The quantitative estimate of drug-likeness (QED) is 0.711. The van der Waals surface area contributed by atoms with Crippen LogP contribution in [-0.4, -0.2) is 0 Å². The van der Waals surface area contributed by atoms with Gasteiger partial charge in [-0.05, 0) is 41.0 Å². The molecule has 0 spiro atoms. The second-order valence-corrected chi connectivity index (χ2v) is 5.89. The molecular formula is C17H17NS. The van der Waals surface area contributed by atoms with E-state index in [-0.39, 0.29) is 6.04 Å². The standard InChI is InChI=1S/C17H17NS/c1-2-15(18)17-10-9-16(19-17)14-8-7-12-5-3-4-6-13(12)11-14/h3-11,15H,2,18H2,1H3. The van der Waals surface area contributed by atoms with E-state index in [2.05, 4.69) is 61.5 Å². The highest BCUT2D eigenvalue weighted by atomic mass is 32.1. The summed E-state index contributed by atoms with van der Waals surface area (Å²) in [5, 5.41) is 2.57. The van der Waals surface area contributed by atoms with E-state index in [1.807, 2.05) is 0 Å². The predicted molar refractivity (Wildman–Crippen MR) is 84.5 cm³/mol. The molecule has 3 rings (SSSR count). The number of benzene rings is 2. The van der Waals surface area contributed by atoms with E-state index in [4.69, 9.17) is 5.73 Å². The topological polar surface area (TPSA) is 26.0 Å². The van der Waals surface area contributed by atoms with Crippen LogP contribution in [0.1, 0.15) is 24.3 Å². The van der Waals surface area contributed by atoms with E-state index in [0.717, 1.165) is 6.42 Å². The highest BCUT2D eigenvalue weighted by Crippen LogP contribution is 2.33. The zero-order valence-electron chi connectivity index (χ0n) is 11.0. The van der Waals surface area contributed by atoms with Gasteiger partial charge in [-0.2, -0.15) is 0 Å². The first kappa shape index (κ1) is 12.4. The second-order valence-electron chi connectivity index (χ2n) is 4.78. The average molecular weight is 267 g/mol. The number of fused-ring (bicyclic) bond motifs is 1. The lowest BCUT2D eigenvalue weighted by atomic mass is 10.1. The lowest BCUT2D eigenvalue weighted by Gasteiger charge is -2.04. The monoisotopic (exact) mass is 267 g/mol. The van der Waals surface area contributed by atoms with Crippen molar-refractivity contribution in [1.82, 2.24) is 0 Å². The molecular weight excluding hydrogens is 250 g/mol. The molecule has 2 N–H and O–H groups in total.